The largest absolute Gasteiger partial charge is 0.490 e. The number of carbonyl (C=O) groups is 1. The first kappa shape index (κ1) is 20.2. The van der Waals surface area contributed by atoms with Crippen LogP contribution in [0.4, 0.5) is 5.69 Å². The van der Waals surface area contributed by atoms with E-state index in [1.165, 1.54) is 5.56 Å². The summed E-state index contributed by atoms with van der Waals surface area (Å²) in [6.45, 7) is 3.90. The molecule has 29 heavy (non-hydrogen) atoms. The van der Waals surface area contributed by atoms with Crippen LogP contribution in [0.1, 0.15) is 37.3 Å². The number of ether oxygens (including phenoxy) is 3. The van der Waals surface area contributed by atoms with E-state index in [9.17, 15) is 4.79 Å². The molecule has 2 aliphatic heterocycles. The van der Waals surface area contributed by atoms with Gasteiger partial charge in [-0.15, -0.1) is 0 Å². The lowest BCUT2D eigenvalue weighted by Gasteiger charge is -2.32. The molecule has 0 bridgehead atoms. The number of hydrogen-bond donors (Lipinski definition) is 0. The predicted molar refractivity (Wildman–Crippen MR) is 113 cm³/mol. The number of hydrogen-bond acceptors (Lipinski definition) is 4. The number of nitrogens with zero attached hydrogens (tertiary/aromatic N) is 1. The maximum atomic E-state index is 13.4. The van der Waals surface area contributed by atoms with Crippen LogP contribution >= 0.6 is 11.6 Å². The quantitative estimate of drug-likeness (QED) is 0.657. The van der Waals surface area contributed by atoms with Crippen molar-refractivity contribution in [3.8, 4) is 5.75 Å². The zero-order valence-electron chi connectivity index (χ0n) is 16.7. The normalized spacial score (nSPS) is 17.6. The number of anilines is 1. The Morgan fingerprint density at radius 2 is 1.97 bits per heavy atom. The van der Waals surface area contributed by atoms with E-state index in [2.05, 4.69) is 19.1 Å². The molecule has 4 rings (SSSR count). The number of aryl methyl sites for hydroxylation is 1. The molecule has 6 heteroatoms. The molecule has 2 aromatic rings. The molecule has 1 fully saturated rings. The first-order valence-corrected chi connectivity index (χ1v) is 10.6. The van der Waals surface area contributed by atoms with Crippen LogP contribution in [0.15, 0.2) is 42.5 Å². The molecule has 5 nitrogen and oxygen atoms in total. The van der Waals surface area contributed by atoms with Crippen molar-refractivity contribution in [3.05, 3.63) is 58.6 Å². The molecule has 0 radical (unpaired) electrons. The summed E-state index contributed by atoms with van der Waals surface area (Å²) in [6.07, 6.45) is 4.00. The number of amides is 1. The Balaban J connectivity index is 1.57. The molecular formula is C23H26ClNO4. The molecule has 0 aromatic heterocycles. The fourth-order valence-corrected chi connectivity index (χ4v) is 4.05. The monoisotopic (exact) mass is 415 g/mol. The molecule has 1 amide bonds. The van der Waals surface area contributed by atoms with Gasteiger partial charge in [0.15, 0.2) is 0 Å². The van der Waals surface area contributed by atoms with Crippen LogP contribution in [0.2, 0.25) is 5.02 Å². The number of halogens is 1. The minimum absolute atomic E-state index is 0.178. The maximum absolute atomic E-state index is 13.4. The molecular weight excluding hydrogens is 390 g/mol. The second-order valence-electron chi connectivity index (χ2n) is 7.36. The van der Waals surface area contributed by atoms with Gasteiger partial charge in [-0.2, -0.15) is 0 Å². The molecule has 0 atom stereocenters. The highest BCUT2D eigenvalue weighted by molar-refractivity contribution is 6.32. The maximum Gasteiger partial charge on any atom is 0.292 e. The predicted octanol–water partition coefficient (Wildman–Crippen LogP) is 4.70. The van der Waals surface area contributed by atoms with Crippen molar-refractivity contribution < 1.29 is 19.0 Å². The standard InChI is InChI=1S/C23H26ClNO4/c1-2-3-7-17-10-11-20-18(16-17)23(28-13-6-14-29-23)22(26)25(20)12-15-27-21-9-5-4-8-19(21)24/h4-5,8-11,16H,2-3,6-7,12-15H2,1H3. The third kappa shape index (κ3) is 3.87. The van der Waals surface area contributed by atoms with Crippen molar-refractivity contribution in [1.29, 1.82) is 0 Å². The van der Waals surface area contributed by atoms with Gasteiger partial charge in [-0.1, -0.05) is 43.1 Å². The van der Waals surface area contributed by atoms with Crippen molar-refractivity contribution in [3.63, 3.8) is 0 Å². The Kier molecular flexibility index (Phi) is 6.09. The van der Waals surface area contributed by atoms with E-state index in [1.807, 2.05) is 24.3 Å². The molecule has 0 saturated carbocycles. The van der Waals surface area contributed by atoms with Gasteiger partial charge in [0.2, 0.25) is 0 Å². The molecule has 2 aromatic carbocycles. The van der Waals surface area contributed by atoms with E-state index in [0.29, 0.717) is 37.1 Å². The third-order valence-corrected chi connectivity index (χ3v) is 5.67. The highest BCUT2D eigenvalue weighted by atomic mass is 35.5. The van der Waals surface area contributed by atoms with Crippen LogP contribution in [0.25, 0.3) is 0 Å². The van der Waals surface area contributed by atoms with Crippen LogP contribution < -0.4 is 9.64 Å². The van der Waals surface area contributed by atoms with E-state index in [4.69, 9.17) is 25.8 Å². The first-order chi connectivity index (χ1) is 14.2. The zero-order valence-corrected chi connectivity index (χ0v) is 17.4. The van der Waals surface area contributed by atoms with Gasteiger partial charge in [-0.25, -0.2) is 0 Å². The Morgan fingerprint density at radius 1 is 1.17 bits per heavy atom. The average Bonchev–Trinajstić information content (AvgIpc) is 2.96. The van der Waals surface area contributed by atoms with Gasteiger partial charge in [0, 0.05) is 5.56 Å². The molecule has 0 N–H and O–H groups in total. The number of para-hydroxylation sites is 1. The van der Waals surface area contributed by atoms with Gasteiger partial charge in [-0.3, -0.25) is 4.79 Å². The molecule has 1 spiro atoms. The summed E-state index contributed by atoms with van der Waals surface area (Å²) in [6, 6.07) is 13.5. The highest BCUT2D eigenvalue weighted by Crippen LogP contribution is 2.45. The molecule has 1 saturated heterocycles. The van der Waals surface area contributed by atoms with Crippen LogP contribution in [-0.2, 0) is 26.5 Å². The number of carbonyl (C=O) groups excluding carboxylic acids is 1. The van der Waals surface area contributed by atoms with Gasteiger partial charge in [0.1, 0.15) is 12.4 Å². The fraction of sp³-hybridized carbons (Fsp3) is 0.435. The van der Waals surface area contributed by atoms with Crippen LogP contribution in [0.3, 0.4) is 0 Å². The summed E-state index contributed by atoms with van der Waals surface area (Å²) >= 11 is 6.16. The van der Waals surface area contributed by atoms with Gasteiger partial charge < -0.3 is 19.1 Å². The SMILES string of the molecule is CCCCc1ccc2c(c1)C1(OCCCO1)C(=O)N2CCOc1ccccc1Cl. The second-order valence-corrected chi connectivity index (χ2v) is 7.76. The number of fused-ring (bicyclic) bond motifs is 2. The number of unbranched alkanes of at least 4 members (excludes halogenated alkanes) is 1. The van der Waals surface area contributed by atoms with Crippen LogP contribution in [0.5, 0.6) is 5.75 Å². The van der Waals surface area contributed by atoms with Crippen molar-refractivity contribution in [2.24, 2.45) is 0 Å². The number of rotatable bonds is 7. The van der Waals surface area contributed by atoms with E-state index < -0.39 is 5.79 Å². The van der Waals surface area contributed by atoms with Gasteiger partial charge in [-0.05, 0) is 49.1 Å². The molecule has 2 heterocycles. The molecule has 0 aliphatic carbocycles. The summed E-state index contributed by atoms with van der Waals surface area (Å²) in [5, 5.41) is 0.552. The van der Waals surface area contributed by atoms with Crippen molar-refractivity contribution in [2.75, 3.05) is 31.3 Å². The average molecular weight is 416 g/mol. The summed E-state index contributed by atoms with van der Waals surface area (Å²) in [5.41, 5.74) is 2.85. The summed E-state index contributed by atoms with van der Waals surface area (Å²) in [5.74, 6) is -0.890. The summed E-state index contributed by atoms with van der Waals surface area (Å²) < 4.78 is 17.7. The van der Waals surface area contributed by atoms with E-state index in [1.54, 1.807) is 11.0 Å². The van der Waals surface area contributed by atoms with Gasteiger partial charge >= 0.3 is 0 Å². The van der Waals surface area contributed by atoms with Crippen LogP contribution in [0, 0.1) is 0 Å². The molecule has 154 valence electrons. The Hall–Kier alpha value is -2.08. The van der Waals surface area contributed by atoms with E-state index in [-0.39, 0.29) is 5.91 Å². The second kappa shape index (κ2) is 8.74. The Bertz CT molecular complexity index is 879. The zero-order chi connectivity index (χ0) is 20.3. The van der Waals surface area contributed by atoms with E-state index in [0.717, 1.165) is 36.9 Å². The lowest BCUT2D eigenvalue weighted by atomic mass is 10.00. The van der Waals surface area contributed by atoms with Gasteiger partial charge in [0.25, 0.3) is 11.7 Å². The van der Waals surface area contributed by atoms with Gasteiger partial charge in [0.05, 0.1) is 30.5 Å². The number of benzene rings is 2. The van der Waals surface area contributed by atoms with E-state index >= 15 is 0 Å². The Labute approximate surface area is 176 Å². The lowest BCUT2D eigenvalue weighted by Crippen LogP contribution is -2.48. The highest BCUT2D eigenvalue weighted by Gasteiger charge is 2.54. The third-order valence-electron chi connectivity index (χ3n) is 5.36. The minimum Gasteiger partial charge on any atom is -0.490 e. The summed E-state index contributed by atoms with van der Waals surface area (Å²) in [4.78, 5) is 15.1. The van der Waals surface area contributed by atoms with Crippen molar-refractivity contribution >= 4 is 23.2 Å². The molecule has 2 aliphatic rings. The lowest BCUT2D eigenvalue weighted by molar-refractivity contribution is -0.256. The van der Waals surface area contributed by atoms with Crippen LogP contribution in [-0.4, -0.2) is 32.3 Å². The topological polar surface area (TPSA) is 48.0 Å². The smallest absolute Gasteiger partial charge is 0.292 e. The Morgan fingerprint density at radius 3 is 2.72 bits per heavy atom. The van der Waals surface area contributed by atoms with Crippen molar-refractivity contribution in [2.45, 2.75) is 38.4 Å². The molecule has 0 unspecified atom stereocenters. The minimum atomic E-state index is -1.32. The fourth-order valence-electron chi connectivity index (χ4n) is 3.86. The first-order valence-electron chi connectivity index (χ1n) is 10.3. The van der Waals surface area contributed by atoms with Crippen molar-refractivity contribution in [1.82, 2.24) is 0 Å². The summed E-state index contributed by atoms with van der Waals surface area (Å²) in [7, 11) is 0.